The van der Waals surface area contributed by atoms with Gasteiger partial charge in [0.2, 0.25) is 11.8 Å². The number of amides is 2. The Morgan fingerprint density at radius 1 is 1.00 bits per heavy atom. The van der Waals surface area contributed by atoms with Crippen LogP contribution >= 0.6 is 23.2 Å². The molecule has 0 saturated carbocycles. The van der Waals surface area contributed by atoms with Crippen molar-refractivity contribution < 1.29 is 23.9 Å². The molecule has 3 aromatic heterocycles. The van der Waals surface area contributed by atoms with E-state index in [1.165, 1.54) is 17.6 Å². The molecule has 0 spiro atoms. The van der Waals surface area contributed by atoms with Crippen molar-refractivity contribution >= 4 is 47.1 Å². The van der Waals surface area contributed by atoms with Gasteiger partial charge in [-0.05, 0) is 30.7 Å². The van der Waals surface area contributed by atoms with Crippen molar-refractivity contribution in [1.29, 1.82) is 0 Å². The van der Waals surface area contributed by atoms with Gasteiger partial charge in [0.05, 0.1) is 28.4 Å². The van der Waals surface area contributed by atoms with E-state index in [1.807, 2.05) is 36.4 Å². The lowest BCUT2D eigenvalue weighted by Crippen LogP contribution is -2.38. The molecular formula is C34H27Cl2N5O6. The highest BCUT2D eigenvalue weighted by Crippen LogP contribution is 2.42. The molecular weight excluding hydrogens is 645 g/mol. The van der Waals surface area contributed by atoms with Crippen molar-refractivity contribution in [3.05, 3.63) is 105 Å². The summed E-state index contributed by atoms with van der Waals surface area (Å²) >= 11 is 14.0. The monoisotopic (exact) mass is 671 g/mol. The summed E-state index contributed by atoms with van der Waals surface area (Å²) in [6.45, 7) is 0.203. The van der Waals surface area contributed by atoms with Crippen LogP contribution in [0.1, 0.15) is 28.9 Å². The quantitative estimate of drug-likeness (QED) is 0.190. The second-order valence-corrected chi connectivity index (χ2v) is 11.5. The van der Waals surface area contributed by atoms with Crippen LogP contribution in [0.2, 0.25) is 10.0 Å². The fourth-order valence-corrected chi connectivity index (χ4v) is 6.04. The maximum atomic E-state index is 12.6. The Labute approximate surface area is 278 Å². The van der Waals surface area contributed by atoms with Gasteiger partial charge in [0.15, 0.2) is 6.29 Å². The normalized spacial score (nSPS) is 14.1. The average molecular weight is 673 g/mol. The van der Waals surface area contributed by atoms with Crippen molar-refractivity contribution in [1.82, 2.24) is 25.0 Å². The summed E-state index contributed by atoms with van der Waals surface area (Å²) in [4.78, 5) is 56.1. The molecule has 11 nitrogen and oxygen atoms in total. The molecule has 4 heterocycles. The Morgan fingerprint density at radius 2 is 1.72 bits per heavy atom. The number of fused-ring (bicyclic) bond motifs is 1. The summed E-state index contributed by atoms with van der Waals surface area (Å²) in [5, 5.41) is 6.27. The van der Waals surface area contributed by atoms with Gasteiger partial charge in [-0.1, -0.05) is 59.6 Å². The number of rotatable bonds is 9. The lowest BCUT2D eigenvalue weighted by atomic mass is 9.97. The number of carbonyl (C=O) groups excluding carboxylic acids is 3. The number of alkyl carbamates (subject to hydrolysis) is 1. The number of carbonyl (C=O) groups is 3. The van der Waals surface area contributed by atoms with Gasteiger partial charge in [-0.15, -0.1) is 0 Å². The zero-order valence-corrected chi connectivity index (χ0v) is 26.5. The molecule has 1 atom stereocenters. The summed E-state index contributed by atoms with van der Waals surface area (Å²) < 4.78 is 12.2. The van der Waals surface area contributed by atoms with Crippen molar-refractivity contribution in [3.8, 4) is 39.4 Å². The second kappa shape index (κ2) is 13.6. The van der Waals surface area contributed by atoms with Crippen molar-refractivity contribution in [2.75, 3.05) is 13.7 Å². The first kappa shape index (κ1) is 31.7. The first-order chi connectivity index (χ1) is 22.7. The third-order valence-corrected chi connectivity index (χ3v) is 8.56. The van der Waals surface area contributed by atoms with Crippen LogP contribution in [0.4, 0.5) is 4.79 Å². The van der Waals surface area contributed by atoms with Crippen LogP contribution < -0.4 is 20.9 Å². The van der Waals surface area contributed by atoms with Crippen LogP contribution in [0.3, 0.4) is 0 Å². The van der Waals surface area contributed by atoms with E-state index < -0.39 is 6.09 Å². The van der Waals surface area contributed by atoms with E-state index in [1.54, 1.807) is 30.5 Å². The Morgan fingerprint density at radius 3 is 2.43 bits per heavy atom. The van der Waals surface area contributed by atoms with Gasteiger partial charge in [-0.3, -0.25) is 18.8 Å². The number of halogens is 2. The van der Waals surface area contributed by atoms with Crippen molar-refractivity contribution in [2.24, 2.45) is 0 Å². The zero-order chi connectivity index (χ0) is 33.1. The summed E-state index contributed by atoms with van der Waals surface area (Å²) in [6.07, 6.45) is 2.65. The Bertz CT molecular complexity index is 2100. The molecule has 2 amide bonds. The molecule has 5 aromatic rings. The minimum atomic E-state index is -0.619. The summed E-state index contributed by atoms with van der Waals surface area (Å²) in [5.41, 5.74) is 4.38. The maximum absolute atomic E-state index is 12.6. The highest BCUT2D eigenvalue weighted by atomic mass is 35.5. The van der Waals surface area contributed by atoms with Gasteiger partial charge in [0.25, 0.3) is 5.56 Å². The van der Waals surface area contributed by atoms with Gasteiger partial charge < -0.3 is 20.1 Å². The molecule has 6 rings (SSSR count). The number of benzene rings is 2. The first-order valence-corrected chi connectivity index (χ1v) is 15.3. The van der Waals surface area contributed by atoms with E-state index in [-0.39, 0.29) is 42.2 Å². The molecule has 13 heteroatoms. The van der Waals surface area contributed by atoms with E-state index in [2.05, 4.69) is 20.6 Å². The lowest BCUT2D eigenvalue weighted by molar-refractivity contribution is -0.119. The number of hydrogen-bond donors (Lipinski definition) is 2. The molecule has 1 saturated heterocycles. The number of nitrogens with one attached hydrogen (secondary N) is 2. The highest BCUT2D eigenvalue weighted by Gasteiger charge is 2.22. The van der Waals surface area contributed by atoms with E-state index in [0.717, 1.165) is 0 Å². The highest BCUT2D eigenvalue weighted by molar-refractivity contribution is 6.39. The van der Waals surface area contributed by atoms with Gasteiger partial charge in [-0.25, -0.2) is 14.8 Å². The lowest BCUT2D eigenvalue weighted by Gasteiger charge is -2.15. The van der Waals surface area contributed by atoms with Crippen molar-refractivity contribution in [3.63, 3.8) is 0 Å². The van der Waals surface area contributed by atoms with Gasteiger partial charge >= 0.3 is 6.09 Å². The average Bonchev–Trinajstić information content (AvgIpc) is 3.51. The smallest absolute Gasteiger partial charge is 0.407 e. The summed E-state index contributed by atoms with van der Waals surface area (Å²) in [6, 6.07) is 19.0. The minimum absolute atomic E-state index is 0.0298. The number of ether oxygens (including phenoxy) is 2. The van der Waals surface area contributed by atoms with E-state index in [4.69, 9.17) is 32.7 Å². The van der Waals surface area contributed by atoms with Crippen LogP contribution in [-0.2, 0) is 16.1 Å². The molecule has 1 aliphatic heterocycles. The number of hydrogen-bond acceptors (Lipinski definition) is 8. The van der Waals surface area contributed by atoms with Gasteiger partial charge in [0, 0.05) is 59.1 Å². The molecule has 0 bridgehead atoms. The van der Waals surface area contributed by atoms with Crippen LogP contribution in [0, 0.1) is 0 Å². The predicted octanol–water partition coefficient (Wildman–Crippen LogP) is 5.72. The number of aldehydes is 1. The van der Waals surface area contributed by atoms with E-state index in [9.17, 15) is 19.2 Å². The molecule has 1 aliphatic rings. The fourth-order valence-electron chi connectivity index (χ4n) is 5.38. The number of nitrogens with zero attached hydrogens (tertiary/aromatic N) is 3. The van der Waals surface area contributed by atoms with Crippen LogP contribution in [0.5, 0.6) is 5.88 Å². The number of methoxy groups -OCH3 is 1. The molecule has 2 N–H and O–H groups in total. The first-order valence-electron chi connectivity index (χ1n) is 14.6. The van der Waals surface area contributed by atoms with Crippen LogP contribution in [0.15, 0.2) is 77.7 Å². The molecule has 0 aliphatic carbocycles. The SMILES string of the molecule is COc1nc(-c2cccc(-c3cccc(-c4ccc5nc(C=O)cc(=O)n5c4)c3Cl)c2Cl)ccc1COC(=O)NC[C@@H]1CCC(=O)N1. The minimum Gasteiger partial charge on any atom is -0.481 e. The van der Waals surface area contributed by atoms with Gasteiger partial charge in [-0.2, -0.15) is 0 Å². The third-order valence-electron chi connectivity index (χ3n) is 7.74. The third kappa shape index (κ3) is 6.67. The predicted molar refractivity (Wildman–Crippen MR) is 177 cm³/mol. The summed E-state index contributed by atoms with van der Waals surface area (Å²) in [7, 11) is 1.47. The molecule has 2 aromatic carbocycles. The molecule has 47 heavy (non-hydrogen) atoms. The standard InChI is InChI=1S/C34H27Cl2N5O6/c1-46-33-20(18-47-34(45)37-15-21-10-13-29(43)39-21)8-11-27(40-33)26-7-3-6-25(32(26)36)24-5-2-4-23(31(24)35)19-9-12-28-38-22(17-42)14-30(44)41(28)16-19/h2-9,11-12,14,16-17,21H,10,13,15,18H2,1H3,(H,37,45)(H,39,43)/t21-/m0/s1. The second-order valence-electron chi connectivity index (χ2n) is 10.7. The van der Waals surface area contributed by atoms with Crippen molar-refractivity contribution in [2.45, 2.75) is 25.5 Å². The largest absolute Gasteiger partial charge is 0.481 e. The van der Waals surface area contributed by atoms with Crippen LogP contribution in [-0.4, -0.2) is 52.4 Å². The van der Waals surface area contributed by atoms with Gasteiger partial charge in [0.1, 0.15) is 17.9 Å². The molecule has 0 unspecified atom stereocenters. The molecule has 238 valence electrons. The Kier molecular flexibility index (Phi) is 9.19. The number of aromatic nitrogens is 3. The van der Waals surface area contributed by atoms with E-state index in [0.29, 0.717) is 73.9 Å². The molecule has 0 radical (unpaired) electrons. The fraction of sp³-hybridized carbons (Fsp3) is 0.176. The number of pyridine rings is 2. The van der Waals surface area contributed by atoms with E-state index >= 15 is 0 Å². The Hall–Kier alpha value is -5.26. The van der Waals surface area contributed by atoms with Crippen LogP contribution in [0.25, 0.3) is 39.2 Å². The molecule has 1 fully saturated rings. The maximum Gasteiger partial charge on any atom is 0.407 e. The zero-order valence-electron chi connectivity index (χ0n) is 25.0. The topological polar surface area (TPSA) is 141 Å². The summed E-state index contributed by atoms with van der Waals surface area (Å²) in [5.74, 6) is 0.235. The Balaban J connectivity index is 1.24.